The molecular weight excluding hydrogens is 210 g/mol. The molecule has 0 saturated carbocycles. The number of anilines is 1. The summed E-state index contributed by atoms with van der Waals surface area (Å²) in [5, 5.41) is 4.46. The molecule has 0 atom stereocenters. The minimum absolute atomic E-state index is 0.575. The van der Waals surface area contributed by atoms with Gasteiger partial charge in [-0.3, -0.25) is 0 Å². The molecule has 0 bridgehead atoms. The van der Waals surface area contributed by atoms with Crippen LogP contribution in [-0.2, 0) is 0 Å². The molecule has 0 aliphatic rings. The lowest BCUT2D eigenvalue weighted by Gasteiger charge is -2.08. The zero-order chi connectivity index (χ0) is 12.1. The van der Waals surface area contributed by atoms with Crippen molar-refractivity contribution >= 4 is 16.7 Å². The van der Waals surface area contributed by atoms with Crippen molar-refractivity contribution in [1.29, 1.82) is 0 Å². The minimum atomic E-state index is 0.575. The lowest BCUT2D eigenvalue weighted by molar-refractivity contribution is 1.20. The van der Waals surface area contributed by atoms with Gasteiger partial charge in [0, 0.05) is 18.5 Å². The number of para-hydroxylation sites is 1. The van der Waals surface area contributed by atoms with E-state index >= 15 is 0 Å². The molecule has 2 aromatic rings. The topological polar surface area (TPSA) is 50.9 Å². The summed E-state index contributed by atoms with van der Waals surface area (Å²) in [5.74, 6) is 0.936. The van der Waals surface area contributed by atoms with Gasteiger partial charge in [0.1, 0.15) is 5.82 Å². The van der Waals surface area contributed by atoms with E-state index in [1.807, 2.05) is 30.4 Å². The van der Waals surface area contributed by atoms with Crippen LogP contribution in [0.4, 0.5) is 5.82 Å². The van der Waals surface area contributed by atoms with Crippen molar-refractivity contribution in [3.8, 4) is 0 Å². The van der Waals surface area contributed by atoms with Gasteiger partial charge in [-0.2, -0.15) is 0 Å². The monoisotopic (exact) mass is 227 g/mol. The van der Waals surface area contributed by atoms with Crippen LogP contribution in [0.3, 0.4) is 0 Å². The van der Waals surface area contributed by atoms with Crippen LogP contribution in [0.5, 0.6) is 0 Å². The normalized spacial score (nSPS) is 11.2. The highest BCUT2D eigenvalue weighted by atomic mass is 15.0. The second kappa shape index (κ2) is 5.46. The second-order valence-electron chi connectivity index (χ2n) is 3.93. The maximum Gasteiger partial charge on any atom is 0.129 e. The summed E-state index contributed by atoms with van der Waals surface area (Å²) in [6.07, 6.45) is 3.94. The molecule has 0 aliphatic heterocycles. The first-order valence-electron chi connectivity index (χ1n) is 5.76. The third kappa shape index (κ3) is 2.82. The molecule has 1 aromatic heterocycles. The summed E-state index contributed by atoms with van der Waals surface area (Å²) in [5.41, 5.74) is 7.56. The number of rotatable bonds is 4. The van der Waals surface area contributed by atoms with Gasteiger partial charge in [0.15, 0.2) is 0 Å². The van der Waals surface area contributed by atoms with E-state index in [4.69, 9.17) is 5.73 Å². The highest BCUT2D eigenvalue weighted by Crippen LogP contribution is 2.19. The summed E-state index contributed by atoms with van der Waals surface area (Å²) < 4.78 is 0. The molecule has 0 unspecified atom stereocenters. The first-order valence-corrected chi connectivity index (χ1v) is 5.76. The fourth-order valence-corrected chi connectivity index (χ4v) is 1.74. The number of benzene rings is 1. The highest BCUT2D eigenvalue weighted by molar-refractivity contribution is 5.81. The molecule has 0 radical (unpaired) electrons. The maximum absolute atomic E-state index is 5.38. The summed E-state index contributed by atoms with van der Waals surface area (Å²) in [6, 6.07) is 10.3. The smallest absolute Gasteiger partial charge is 0.129 e. The molecule has 3 N–H and O–H groups in total. The number of nitrogens with one attached hydrogen (secondary N) is 1. The Kier molecular flexibility index (Phi) is 3.73. The highest BCUT2D eigenvalue weighted by Gasteiger charge is 2.01. The summed E-state index contributed by atoms with van der Waals surface area (Å²) in [7, 11) is 0. The Hall–Kier alpha value is -1.87. The van der Waals surface area contributed by atoms with Gasteiger partial charge in [0.25, 0.3) is 0 Å². The minimum Gasteiger partial charge on any atom is -0.366 e. The lowest BCUT2D eigenvalue weighted by atomic mass is 10.1. The van der Waals surface area contributed by atoms with Crippen LogP contribution in [0.2, 0.25) is 0 Å². The van der Waals surface area contributed by atoms with E-state index in [1.54, 1.807) is 0 Å². The number of fused-ring (bicyclic) bond motifs is 1. The average molecular weight is 227 g/mol. The molecule has 0 fully saturated rings. The van der Waals surface area contributed by atoms with Gasteiger partial charge >= 0.3 is 0 Å². The Morgan fingerprint density at radius 3 is 2.94 bits per heavy atom. The number of nitrogens with two attached hydrogens (primary N) is 1. The number of nitrogens with zero attached hydrogens (tertiary/aromatic N) is 1. The maximum atomic E-state index is 5.38. The van der Waals surface area contributed by atoms with Crippen LogP contribution < -0.4 is 11.1 Å². The zero-order valence-electron chi connectivity index (χ0n) is 9.98. The number of aryl methyl sites for hydroxylation is 1. The fraction of sp³-hybridized carbons (Fsp3) is 0.214. The van der Waals surface area contributed by atoms with E-state index in [9.17, 15) is 0 Å². The van der Waals surface area contributed by atoms with Crippen molar-refractivity contribution < 1.29 is 0 Å². The average Bonchev–Trinajstić information content (AvgIpc) is 2.35. The lowest BCUT2D eigenvalue weighted by Crippen LogP contribution is -2.03. The van der Waals surface area contributed by atoms with Crippen molar-refractivity contribution in [1.82, 2.24) is 4.98 Å². The molecule has 3 nitrogen and oxygen atoms in total. The van der Waals surface area contributed by atoms with Crippen LogP contribution in [0.25, 0.3) is 10.9 Å². The SMILES string of the molecule is Cc1cc2ccccc2nc1NC/C=C/CN. The summed E-state index contributed by atoms with van der Waals surface area (Å²) >= 11 is 0. The molecule has 1 heterocycles. The van der Waals surface area contributed by atoms with Gasteiger partial charge in [0.05, 0.1) is 5.52 Å². The Labute approximate surface area is 101 Å². The first-order chi connectivity index (χ1) is 8.31. The van der Waals surface area contributed by atoms with Crippen LogP contribution in [0.15, 0.2) is 42.5 Å². The van der Waals surface area contributed by atoms with Crippen molar-refractivity contribution in [3.63, 3.8) is 0 Å². The molecule has 1 aromatic carbocycles. The van der Waals surface area contributed by atoms with Crippen LogP contribution in [0.1, 0.15) is 5.56 Å². The Morgan fingerprint density at radius 2 is 2.12 bits per heavy atom. The van der Waals surface area contributed by atoms with E-state index in [-0.39, 0.29) is 0 Å². The van der Waals surface area contributed by atoms with E-state index < -0.39 is 0 Å². The molecule has 17 heavy (non-hydrogen) atoms. The molecule has 88 valence electrons. The molecular formula is C14H17N3. The van der Waals surface area contributed by atoms with E-state index in [1.165, 1.54) is 5.39 Å². The standard InChI is InChI=1S/C14H17N3/c1-11-10-12-6-2-3-7-13(12)17-14(11)16-9-5-4-8-15/h2-7,10H,8-9,15H2,1H3,(H,16,17)/b5-4+. The Bertz CT molecular complexity index is 532. The Morgan fingerprint density at radius 1 is 1.29 bits per heavy atom. The van der Waals surface area contributed by atoms with Crippen molar-refractivity contribution in [3.05, 3.63) is 48.0 Å². The summed E-state index contributed by atoms with van der Waals surface area (Å²) in [6.45, 7) is 3.39. The van der Waals surface area contributed by atoms with Gasteiger partial charge in [0.2, 0.25) is 0 Å². The van der Waals surface area contributed by atoms with Gasteiger partial charge < -0.3 is 11.1 Å². The molecule has 2 rings (SSSR count). The quantitative estimate of drug-likeness (QED) is 0.789. The Balaban J connectivity index is 2.22. The predicted octanol–water partition coefficient (Wildman–Crippen LogP) is 2.47. The van der Waals surface area contributed by atoms with Crippen molar-refractivity contribution in [2.24, 2.45) is 5.73 Å². The zero-order valence-corrected chi connectivity index (χ0v) is 9.98. The third-order valence-electron chi connectivity index (χ3n) is 2.60. The van der Waals surface area contributed by atoms with Crippen LogP contribution >= 0.6 is 0 Å². The van der Waals surface area contributed by atoms with E-state index in [0.29, 0.717) is 6.54 Å². The number of hydrogen-bond acceptors (Lipinski definition) is 3. The predicted molar refractivity (Wildman–Crippen MR) is 73.2 cm³/mol. The number of hydrogen-bond donors (Lipinski definition) is 2. The second-order valence-corrected chi connectivity index (χ2v) is 3.93. The van der Waals surface area contributed by atoms with Crippen molar-refractivity contribution in [2.45, 2.75) is 6.92 Å². The number of pyridine rings is 1. The van der Waals surface area contributed by atoms with E-state index in [0.717, 1.165) is 23.4 Å². The van der Waals surface area contributed by atoms with Gasteiger partial charge in [-0.25, -0.2) is 4.98 Å². The van der Waals surface area contributed by atoms with Gasteiger partial charge in [-0.05, 0) is 24.6 Å². The van der Waals surface area contributed by atoms with Crippen LogP contribution in [-0.4, -0.2) is 18.1 Å². The molecule has 3 heteroatoms. The summed E-state index contributed by atoms with van der Waals surface area (Å²) in [4.78, 5) is 4.60. The molecule has 0 saturated heterocycles. The molecule has 0 spiro atoms. The third-order valence-corrected chi connectivity index (χ3v) is 2.60. The molecule has 0 amide bonds. The largest absolute Gasteiger partial charge is 0.366 e. The molecule has 0 aliphatic carbocycles. The fourth-order valence-electron chi connectivity index (χ4n) is 1.74. The first kappa shape index (κ1) is 11.6. The van der Waals surface area contributed by atoms with Gasteiger partial charge in [-0.1, -0.05) is 30.4 Å². The number of aromatic nitrogens is 1. The van der Waals surface area contributed by atoms with Crippen molar-refractivity contribution in [2.75, 3.05) is 18.4 Å². The van der Waals surface area contributed by atoms with E-state index in [2.05, 4.69) is 29.4 Å². The van der Waals surface area contributed by atoms with Gasteiger partial charge in [-0.15, -0.1) is 0 Å². The van der Waals surface area contributed by atoms with Crippen LogP contribution in [0, 0.1) is 6.92 Å².